The van der Waals surface area contributed by atoms with Crippen molar-refractivity contribution in [2.75, 3.05) is 0 Å². The van der Waals surface area contributed by atoms with E-state index in [1.165, 1.54) is 13.0 Å². The highest BCUT2D eigenvalue weighted by Gasteiger charge is 2.25. The number of allylic oxidation sites excluding steroid dienone is 2. The Kier molecular flexibility index (Phi) is 4.66. The molecular formula is C15H14BrFO2. The summed E-state index contributed by atoms with van der Waals surface area (Å²) in [5, 5.41) is 0. The Bertz CT molecular complexity index is 522. The maximum atomic E-state index is 13.5. The molecule has 2 unspecified atom stereocenters. The van der Waals surface area contributed by atoms with Gasteiger partial charge in [0, 0.05) is 10.1 Å². The number of carbonyl (C=O) groups is 1. The van der Waals surface area contributed by atoms with Crippen LogP contribution in [-0.4, -0.2) is 18.1 Å². The van der Waals surface area contributed by atoms with Crippen LogP contribution >= 0.6 is 15.9 Å². The smallest absolute Gasteiger partial charge is 0.158 e. The Morgan fingerprint density at radius 2 is 2.00 bits per heavy atom. The summed E-state index contributed by atoms with van der Waals surface area (Å²) in [5.41, 5.74) is 1.38. The van der Waals surface area contributed by atoms with E-state index in [9.17, 15) is 9.18 Å². The molecule has 0 saturated carbocycles. The van der Waals surface area contributed by atoms with E-state index in [1.54, 1.807) is 6.08 Å². The Morgan fingerprint density at radius 1 is 1.32 bits per heavy atom. The Morgan fingerprint density at radius 3 is 2.63 bits per heavy atom. The molecule has 0 bridgehead atoms. The van der Waals surface area contributed by atoms with Crippen LogP contribution in [0.2, 0.25) is 0 Å². The van der Waals surface area contributed by atoms with E-state index in [0.717, 1.165) is 5.56 Å². The molecule has 2 nitrogen and oxygen atoms in total. The van der Waals surface area contributed by atoms with Crippen LogP contribution in [0.15, 0.2) is 52.5 Å². The Labute approximate surface area is 120 Å². The molecule has 2 atom stereocenters. The van der Waals surface area contributed by atoms with Gasteiger partial charge in [-0.1, -0.05) is 46.3 Å². The van der Waals surface area contributed by atoms with Gasteiger partial charge < -0.3 is 4.74 Å². The maximum absolute atomic E-state index is 13.5. The van der Waals surface area contributed by atoms with Gasteiger partial charge in [-0.3, -0.25) is 4.79 Å². The number of ether oxygens (including phenoxy) is 1. The lowest BCUT2D eigenvalue weighted by atomic mass is 9.98. The lowest BCUT2D eigenvalue weighted by molar-refractivity contribution is -0.114. The molecule has 2 rings (SSSR count). The van der Waals surface area contributed by atoms with Crippen LogP contribution in [0.5, 0.6) is 0 Å². The number of ketones is 1. The molecule has 0 amide bonds. The standard InChI is InChI=1S/C15H14BrFO2/c1-10(18)12-7-14(17)13(16)8-15(12)19-9-11-5-3-2-4-6-11/h2-8,14-15H,9H2,1H3. The average molecular weight is 325 g/mol. The summed E-state index contributed by atoms with van der Waals surface area (Å²) in [5.74, 6) is -0.169. The van der Waals surface area contributed by atoms with E-state index in [2.05, 4.69) is 15.9 Å². The summed E-state index contributed by atoms with van der Waals surface area (Å²) in [6.45, 7) is 1.80. The van der Waals surface area contributed by atoms with Crippen molar-refractivity contribution in [1.29, 1.82) is 0 Å². The van der Waals surface area contributed by atoms with Crippen molar-refractivity contribution in [3.63, 3.8) is 0 Å². The predicted molar refractivity (Wildman–Crippen MR) is 75.7 cm³/mol. The first-order valence-electron chi connectivity index (χ1n) is 5.97. The van der Waals surface area contributed by atoms with Crippen molar-refractivity contribution in [3.05, 3.63) is 58.1 Å². The zero-order valence-corrected chi connectivity index (χ0v) is 12.1. The van der Waals surface area contributed by atoms with Gasteiger partial charge in [-0.2, -0.15) is 0 Å². The van der Waals surface area contributed by atoms with Gasteiger partial charge in [0.1, 0.15) is 6.10 Å². The minimum atomic E-state index is -1.27. The first kappa shape index (κ1) is 14.2. The largest absolute Gasteiger partial charge is 0.365 e. The molecule has 0 aliphatic heterocycles. The molecule has 0 aromatic heterocycles. The van der Waals surface area contributed by atoms with E-state index >= 15 is 0 Å². The minimum Gasteiger partial charge on any atom is -0.365 e. The average Bonchev–Trinajstić information content (AvgIpc) is 2.40. The van der Waals surface area contributed by atoms with Gasteiger partial charge in [-0.05, 0) is 24.6 Å². The second kappa shape index (κ2) is 6.26. The molecule has 0 heterocycles. The minimum absolute atomic E-state index is 0.169. The number of hydrogen-bond acceptors (Lipinski definition) is 2. The predicted octanol–water partition coefficient (Wildman–Crippen LogP) is 3.72. The van der Waals surface area contributed by atoms with E-state index in [4.69, 9.17) is 4.74 Å². The van der Waals surface area contributed by atoms with Gasteiger partial charge in [0.2, 0.25) is 0 Å². The zero-order chi connectivity index (χ0) is 13.8. The molecule has 1 aliphatic rings. The van der Waals surface area contributed by atoms with Crippen LogP contribution in [-0.2, 0) is 16.1 Å². The van der Waals surface area contributed by atoms with Crippen molar-refractivity contribution in [3.8, 4) is 0 Å². The van der Waals surface area contributed by atoms with E-state index in [-0.39, 0.29) is 5.78 Å². The summed E-state index contributed by atoms with van der Waals surface area (Å²) in [6.07, 6.45) is 1.14. The van der Waals surface area contributed by atoms with Gasteiger partial charge in [-0.15, -0.1) is 0 Å². The quantitative estimate of drug-likeness (QED) is 0.843. The Balaban J connectivity index is 2.09. The second-order valence-corrected chi connectivity index (χ2v) is 5.26. The first-order valence-corrected chi connectivity index (χ1v) is 6.76. The highest BCUT2D eigenvalue weighted by molar-refractivity contribution is 9.11. The normalized spacial score (nSPS) is 22.7. The summed E-state index contributed by atoms with van der Waals surface area (Å²) in [4.78, 5) is 11.5. The number of carbonyl (C=O) groups excluding carboxylic acids is 1. The van der Waals surface area contributed by atoms with Gasteiger partial charge in [-0.25, -0.2) is 4.39 Å². The van der Waals surface area contributed by atoms with Crippen LogP contribution in [0.1, 0.15) is 12.5 Å². The molecule has 0 spiro atoms. The van der Waals surface area contributed by atoms with Crippen molar-refractivity contribution < 1.29 is 13.9 Å². The molecule has 0 N–H and O–H groups in total. The van der Waals surface area contributed by atoms with Crippen molar-refractivity contribution >= 4 is 21.7 Å². The third-order valence-corrected chi connectivity index (χ3v) is 3.59. The highest BCUT2D eigenvalue weighted by atomic mass is 79.9. The molecule has 0 saturated heterocycles. The third kappa shape index (κ3) is 3.61. The van der Waals surface area contributed by atoms with Crippen molar-refractivity contribution in [2.45, 2.75) is 25.8 Å². The van der Waals surface area contributed by atoms with E-state index in [1.807, 2.05) is 30.3 Å². The summed E-state index contributed by atoms with van der Waals surface area (Å²) in [6, 6.07) is 9.65. The van der Waals surface area contributed by atoms with Crippen LogP contribution in [0.3, 0.4) is 0 Å². The third-order valence-electron chi connectivity index (χ3n) is 2.89. The first-order chi connectivity index (χ1) is 9.08. The van der Waals surface area contributed by atoms with E-state index in [0.29, 0.717) is 16.7 Å². The SMILES string of the molecule is CC(=O)C1=CC(F)C(Br)=CC1OCc1ccccc1. The highest BCUT2D eigenvalue weighted by Crippen LogP contribution is 2.27. The van der Waals surface area contributed by atoms with E-state index < -0.39 is 12.3 Å². The molecule has 1 aromatic rings. The van der Waals surface area contributed by atoms with Crippen LogP contribution < -0.4 is 0 Å². The summed E-state index contributed by atoms with van der Waals surface area (Å²) >= 11 is 3.15. The van der Waals surface area contributed by atoms with Gasteiger partial charge in [0.15, 0.2) is 12.0 Å². The van der Waals surface area contributed by atoms with Crippen LogP contribution in [0.25, 0.3) is 0 Å². The molecule has 1 aliphatic carbocycles. The number of alkyl halides is 1. The number of rotatable bonds is 4. The lowest BCUT2D eigenvalue weighted by Crippen LogP contribution is -2.24. The van der Waals surface area contributed by atoms with Crippen molar-refractivity contribution in [2.24, 2.45) is 0 Å². The van der Waals surface area contributed by atoms with Gasteiger partial charge in [0.25, 0.3) is 0 Å². The van der Waals surface area contributed by atoms with Gasteiger partial charge in [0.05, 0.1) is 6.61 Å². The molecule has 19 heavy (non-hydrogen) atoms. The number of benzene rings is 1. The lowest BCUT2D eigenvalue weighted by Gasteiger charge is -2.22. The maximum Gasteiger partial charge on any atom is 0.158 e. The molecule has 0 radical (unpaired) electrons. The fraction of sp³-hybridized carbons (Fsp3) is 0.267. The van der Waals surface area contributed by atoms with Crippen LogP contribution in [0, 0.1) is 0 Å². The molecule has 100 valence electrons. The molecule has 0 fully saturated rings. The monoisotopic (exact) mass is 324 g/mol. The fourth-order valence-electron chi connectivity index (χ4n) is 1.87. The Hall–Kier alpha value is -1.26. The summed E-state index contributed by atoms with van der Waals surface area (Å²) < 4.78 is 19.6. The number of Topliss-reactive ketones (excluding diaryl/α,β-unsaturated/α-hetero) is 1. The van der Waals surface area contributed by atoms with Crippen molar-refractivity contribution in [1.82, 2.24) is 0 Å². The van der Waals surface area contributed by atoms with Gasteiger partial charge >= 0.3 is 0 Å². The topological polar surface area (TPSA) is 26.3 Å². The molecular weight excluding hydrogens is 311 g/mol. The van der Waals surface area contributed by atoms with Crippen LogP contribution in [0.4, 0.5) is 4.39 Å². The number of hydrogen-bond donors (Lipinski definition) is 0. The zero-order valence-electron chi connectivity index (χ0n) is 10.5. The molecule has 4 heteroatoms. The summed E-state index contributed by atoms with van der Waals surface area (Å²) in [7, 11) is 0. The molecule has 1 aromatic carbocycles. The fourth-order valence-corrected chi connectivity index (χ4v) is 2.25. The number of halogens is 2. The second-order valence-electron chi connectivity index (χ2n) is 4.35.